The molecule has 0 bridgehead atoms. The van der Waals surface area contributed by atoms with Gasteiger partial charge in [0.25, 0.3) is 5.91 Å². The van der Waals surface area contributed by atoms with Gasteiger partial charge in [-0.15, -0.1) is 0 Å². The first-order valence-electron chi connectivity index (χ1n) is 17.2. The molecule has 1 N–H and O–H groups in total. The van der Waals surface area contributed by atoms with Gasteiger partial charge in [-0.25, -0.2) is 0 Å². The Hall–Kier alpha value is -3.20. The summed E-state index contributed by atoms with van der Waals surface area (Å²) >= 11 is 0. The number of piperidine rings is 1. The Bertz CT molecular complexity index is 1340. The molecule has 2 atom stereocenters. The molecule has 2 saturated carbocycles. The maximum absolute atomic E-state index is 13.7. The lowest BCUT2D eigenvalue weighted by atomic mass is 9.70. The van der Waals surface area contributed by atoms with Gasteiger partial charge < -0.3 is 19.8 Å². The monoisotopic (exact) mass is 617 g/mol. The third-order valence-electron chi connectivity index (χ3n) is 11.1. The fourth-order valence-corrected chi connectivity index (χ4v) is 7.98. The third kappa shape index (κ3) is 6.98. The molecule has 0 unspecified atom stereocenters. The largest absolute Gasteiger partial charge is 0.396 e. The van der Waals surface area contributed by atoms with E-state index in [2.05, 4.69) is 18.9 Å². The number of rotatable bonds is 6. The van der Waals surface area contributed by atoms with Gasteiger partial charge in [0.2, 0.25) is 11.8 Å². The van der Waals surface area contributed by atoms with Crippen LogP contribution in [-0.2, 0) is 16.1 Å². The summed E-state index contributed by atoms with van der Waals surface area (Å²) in [5, 5.41) is 13.1. The zero-order valence-corrected chi connectivity index (χ0v) is 27.2. The van der Waals surface area contributed by atoms with Crippen LogP contribution in [0.2, 0.25) is 0 Å². The Kier molecular flexibility index (Phi) is 9.37. The highest BCUT2D eigenvalue weighted by Crippen LogP contribution is 2.54. The highest BCUT2D eigenvalue weighted by molar-refractivity contribution is 5.95. The molecule has 9 heteroatoms. The number of hydrogen-bond acceptors (Lipinski definition) is 5. The Balaban J connectivity index is 0.000000390. The molecule has 3 amide bonds. The molecule has 1 spiro atoms. The maximum Gasteiger partial charge on any atom is 0.257 e. The lowest BCUT2D eigenvalue weighted by Gasteiger charge is -2.51. The molecular weight excluding hydrogens is 566 g/mol. The summed E-state index contributed by atoms with van der Waals surface area (Å²) in [5.41, 5.74) is 1.40. The average molecular weight is 618 g/mol. The second kappa shape index (κ2) is 13.3. The minimum absolute atomic E-state index is 0.0827. The smallest absolute Gasteiger partial charge is 0.257 e. The molecule has 5 aliphatic rings. The van der Waals surface area contributed by atoms with Gasteiger partial charge in [0.1, 0.15) is 0 Å². The van der Waals surface area contributed by atoms with E-state index >= 15 is 0 Å². The maximum atomic E-state index is 13.7. The molecule has 1 aromatic carbocycles. The zero-order valence-electron chi connectivity index (χ0n) is 27.2. The van der Waals surface area contributed by atoms with Gasteiger partial charge in [-0.3, -0.25) is 19.1 Å². The minimum Gasteiger partial charge on any atom is -0.396 e. The van der Waals surface area contributed by atoms with E-state index in [1.54, 1.807) is 17.1 Å². The molecule has 7 rings (SSSR count). The SMILES string of the molecule is CC1(C)C[C@@H]1C(=O)N1CC2(CN(C(=O)c3cnn(Cc4ccccc4)c3)C[C@H]2C(=O)N2CCCCC2)C1.OCC1CCCCC1. The minimum atomic E-state index is -0.348. The van der Waals surface area contributed by atoms with Crippen molar-refractivity contribution in [3.8, 4) is 0 Å². The van der Waals surface area contributed by atoms with E-state index < -0.39 is 0 Å². The topological polar surface area (TPSA) is 99.0 Å². The molecule has 9 nitrogen and oxygen atoms in total. The van der Waals surface area contributed by atoms with Crippen LogP contribution >= 0.6 is 0 Å². The van der Waals surface area contributed by atoms with Gasteiger partial charge in [0.05, 0.1) is 24.2 Å². The number of benzene rings is 1. The van der Waals surface area contributed by atoms with Crippen LogP contribution in [0.15, 0.2) is 42.7 Å². The van der Waals surface area contributed by atoms with E-state index in [0.29, 0.717) is 50.8 Å². The predicted molar refractivity (Wildman–Crippen MR) is 172 cm³/mol. The van der Waals surface area contributed by atoms with Crippen LogP contribution in [0.1, 0.15) is 87.6 Å². The highest BCUT2D eigenvalue weighted by atomic mass is 16.3. The molecule has 45 heavy (non-hydrogen) atoms. The summed E-state index contributed by atoms with van der Waals surface area (Å²) in [4.78, 5) is 46.1. The van der Waals surface area contributed by atoms with Crippen molar-refractivity contribution >= 4 is 17.7 Å². The van der Waals surface area contributed by atoms with Crippen LogP contribution in [0, 0.1) is 28.6 Å². The zero-order chi connectivity index (χ0) is 31.6. The molecule has 3 aliphatic heterocycles. The number of amides is 3. The van der Waals surface area contributed by atoms with Gasteiger partial charge in [-0.1, -0.05) is 63.4 Å². The Labute approximate surface area is 267 Å². The first kappa shape index (κ1) is 31.8. The van der Waals surface area contributed by atoms with Crippen LogP contribution < -0.4 is 0 Å². The number of aromatic nitrogens is 2. The summed E-state index contributed by atoms with van der Waals surface area (Å²) in [5.74, 6) is 0.769. The van der Waals surface area contributed by atoms with Gasteiger partial charge in [-0.2, -0.15) is 5.10 Å². The van der Waals surface area contributed by atoms with Crippen molar-refractivity contribution in [1.29, 1.82) is 0 Å². The van der Waals surface area contributed by atoms with E-state index in [4.69, 9.17) is 5.11 Å². The molecule has 2 aromatic rings. The van der Waals surface area contributed by atoms with E-state index in [-0.39, 0.29) is 40.4 Å². The number of hydrogen-bond donors (Lipinski definition) is 1. The number of likely N-dealkylation sites (tertiary alicyclic amines) is 3. The van der Waals surface area contributed by atoms with Gasteiger partial charge >= 0.3 is 0 Å². The van der Waals surface area contributed by atoms with E-state index in [1.165, 1.54) is 32.1 Å². The molecular formula is C36H51N5O4. The molecule has 244 valence electrons. The highest BCUT2D eigenvalue weighted by Gasteiger charge is 2.62. The van der Waals surface area contributed by atoms with Crippen molar-refractivity contribution in [1.82, 2.24) is 24.5 Å². The Morgan fingerprint density at radius 2 is 1.47 bits per heavy atom. The summed E-state index contributed by atoms with van der Waals surface area (Å²) in [6.45, 7) is 8.95. The molecule has 5 fully saturated rings. The number of aliphatic hydroxyl groups excluding tert-OH is 1. The van der Waals surface area contributed by atoms with Crippen LogP contribution in [0.25, 0.3) is 0 Å². The van der Waals surface area contributed by atoms with Crippen molar-refractivity contribution in [2.75, 3.05) is 45.9 Å². The van der Waals surface area contributed by atoms with Crippen molar-refractivity contribution < 1.29 is 19.5 Å². The molecule has 0 radical (unpaired) electrons. The number of aliphatic hydroxyl groups is 1. The number of carbonyl (C=O) groups is 3. The fraction of sp³-hybridized carbons (Fsp3) is 0.667. The first-order valence-corrected chi connectivity index (χ1v) is 17.2. The van der Waals surface area contributed by atoms with Crippen LogP contribution in [0.4, 0.5) is 0 Å². The van der Waals surface area contributed by atoms with Crippen molar-refractivity contribution in [2.24, 2.45) is 28.6 Å². The molecule has 1 aromatic heterocycles. The van der Waals surface area contributed by atoms with Crippen molar-refractivity contribution in [3.05, 3.63) is 53.9 Å². The van der Waals surface area contributed by atoms with Crippen molar-refractivity contribution in [2.45, 2.75) is 78.2 Å². The van der Waals surface area contributed by atoms with E-state index in [0.717, 1.165) is 44.3 Å². The molecule has 4 heterocycles. The predicted octanol–water partition coefficient (Wildman–Crippen LogP) is 4.45. The normalized spacial score (nSPS) is 25.4. The lowest BCUT2D eigenvalue weighted by Crippen LogP contribution is -2.64. The second-order valence-electron chi connectivity index (χ2n) is 15.0. The molecule has 3 saturated heterocycles. The van der Waals surface area contributed by atoms with Gasteiger partial charge in [0.15, 0.2) is 0 Å². The summed E-state index contributed by atoms with van der Waals surface area (Å²) in [6, 6.07) is 10.0. The van der Waals surface area contributed by atoms with E-state index in [1.807, 2.05) is 45.0 Å². The fourth-order valence-electron chi connectivity index (χ4n) is 7.98. The van der Waals surface area contributed by atoms with E-state index in [9.17, 15) is 14.4 Å². The first-order chi connectivity index (χ1) is 21.7. The second-order valence-corrected chi connectivity index (χ2v) is 15.0. The quantitative estimate of drug-likeness (QED) is 0.517. The third-order valence-corrected chi connectivity index (χ3v) is 11.1. The lowest BCUT2D eigenvalue weighted by molar-refractivity contribution is -0.155. The van der Waals surface area contributed by atoms with Crippen molar-refractivity contribution in [3.63, 3.8) is 0 Å². The average Bonchev–Trinajstić information content (AvgIpc) is 3.36. The van der Waals surface area contributed by atoms with Gasteiger partial charge in [-0.05, 0) is 55.4 Å². The summed E-state index contributed by atoms with van der Waals surface area (Å²) in [6.07, 6.45) is 14.2. The van der Waals surface area contributed by atoms with Crippen LogP contribution in [0.3, 0.4) is 0 Å². The standard InChI is InChI=1S/C29H37N5O3.C7H14O/c1-28(2)13-23(28)26(36)33-19-29(20-33)18-32(17-24(29)27(37)31-11-7-4-8-12-31)25(35)22-14-30-34(16-22)15-21-9-5-3-6-10-21;8-6-7-4-2-1-3-5-7/h3,5-6,9-10,14,16,23-24H,4,7-8,11-13,15,17-20H2,1-2H3;7-8H,1-6H2/t23-,24+;/m1./s1. The Morgan fingerprint density at radius 3 is 2.09 bits per heavy atom. The summed E-state index contributed by atoms with van der Waals surface area (Å²) < 4.78 is 1.78. The summed E-state index contributed by atoms with van der Waals surface area (Å²) in [7, 11) is 0. The molecule has 2 aliphatic carbocycles. The Morgan fingerprint density at radius 1 is 0.844 bits per heavy atom. The number of carbonyl (C=O) groups excluding carboxylic acids is 3. The van der Waals surface area contributed by atoms with Gasteiger partial charge in [0, 0.05) is 63.4 Å². The number of nitrogens with zero attached hydrogens (tertiary/aromatic N) is 5. The van der Waals surface area contributed by atoms with Crippen LogP contribution in [-0.4, -0.2) is 93.2 Å². The van der Waals surface area contributed by atoms with Crippen LogP contribution in [0.5, 0.6) is 0 Å².